The molecule has 0 saturated carbocycles. The fourth-order valence-corrected chi connectivity index (χ4v) is 1.70. The lowest BCUT2D eigenvalue weighted by Gasteiger charge is -2.08. The number of nitrogens with zero attached hydrogens (tertiary/aromatic N) is 1. The van der Waals surface area contributed by atoms with Crippen molar-refractivity contribution in [2.75, 3.05) is 6.61 Å². The molecule has 0 aliphatic carbocycles. The third-order valence-electron chi connectivity index (χ3n) is 2.15. The number of imidazole rings is 1. The van der Waals surface area contributed by atoms with E-state index in [2.05, 4.69) is 4.98 Å². The lowest BCUT2D eigenvalue weighted by atomic mass is 10.2. The van der Waals surface area contributed by atoms with E-state index >= 15 is 0 Å². The molecule has 3 nitrogen and oxygen atoms in total. The zero-order chi connectivity index (χ0) is 8.39. The Kier molecular flexibility index (Phi) is 2.28. The van der Waals surface area contributed by atoms with E-state index in [4.69, 9.17) is 17.0 Å². The maximum absolute atomic E-state index is 5.50. The molecule has 1 aliphatic rings. The van der Waals surface area contributed by atoms with Gasteiger partial charge in [0.15, 0.2) is 4.77 Å². The van der Waals surface area contributed by atoms with Crippen molar-refractivity contribution in [3.63, 3.8) is 0 Å². The van der Waals surface area contributed by atoms with Crippen LogP contribution in [0.25, 0.3) is 0 Å². The van der Waals surface area contributed by atoms with E-state index in [-0.39, 0.29) is 0 Å². The van der Waals surface area contributed by atoms with Crippen LogP contribution in [0.3, 0.4) is 0 Å². The highest BCUT2D eigenvalue weighted by Gasteiger charge is 2.15. The second kappa shape index (κ2) is 3.41. The normalized spacial score (nSPS) is 23.2. The molecule has 2 rings (SSSR count). The van der Waals surface area contributed by atoms with Crippen LogP contribution in [0.4, 0.5) is 0 Å². The van der Waals surface area contributed by atoms with Crippen molar-refractivity contribution in [1.82, 2.24) is 9.55 Å². The fourth-order valence-electron chi connectivity index (χ4n) is 1.50. The number of aromatic nitrogens is 2. The summed E-state index contributed by atoms with van der Waals surface area (Å²) >= 11 is 5.07. The minimum absolute atomic E-state index is 0.368. The molecule has 1 aromatic rings. The summed E-state index contributed by atoms with van der Waals surface area (Å²) in [6.07, 6.45) is 6.53. The molecule has 12 heavy (non-hydrogen) atoms. The Morgan fingerprint density at radius 1 is 1.75 bits per heavy atom. The molecule has 0 bridgehead atoms. The quantitative estimate of drug-likeness (QED) is 0.709. The number of hydrogen-bond donors (Lipinski definition) is 1. The van der Waals surface area contributed by atoms with Crippen molar-refractivity contribution >= 4 is 12.2 Å². The molecule has 1 aliphatic heterocycles. The van der Waals surface area contributed by atoms with E-state index in [1.54, 1.807) is 0 Å². The minimum Gasteiger partial charge on any atom is -0.376 e. The van der Waals surface area contributed by atoms with E-state index in [9.17, 15) is 0 Å². The van der Waals surface area contributed by atoms with Crippen molar-refractivity contribution in [2.45, 2.75) is 25.5 Å². The number of aromatic amines is 1. The van der Waals surface area contributed by atoms with Crippen molar-refractivity contribution in [2.24, 2.45) is 0 Å². The molecule has 0 radical (unpaired) electrons. The van der Waals surface area contributed by atoms with Crippen molar-refractivity contribution in [1.29, 1.82) is 0 Å². The lowest BCUT2D eigenvalue weighted by Crippen LogP contribution is -2.14. The van der Waals surface area contributed by atoms with E-state index < -0.39 is 0 Å². The predicted octanol–water partition coefficient (Wildman–Crippen LogP) is 1.72. The minimum atomic E-state index is 0.368. The second-order valence-corrected chi connectivity index (χ2v) is 3.44. The monoisotopic (exact) mass is 184 g/mol. The van der Waals surface area contributed by atoms with Gasteiger partial charge in [0.25, 0.3) is 0 Å². The van der Waals surface area contributed by atoms with Gasteiger partial charge < -0.3 is 14.3 Å². The van der Waals surface area contributed by atoms with Crippen LogP contribution < -0.4 is 0 Å². The van der Waals surface area contributed by atoms with Crippen molar-refractivity contribution in [3.8, 4) is 0 Å². The molecule has 1 aromatic heterocycles. The van der Waals surface area contributed by atoms with Crippen LogP contribution in [0.2, 0.25) is 0 Å². The van der Waals surface area contributed by atoms with E-state index in [1.165, 1.54) is 6.42 Å². The first-order valence-corrected chi connectivity index (χ1v) is 4.62. The van der Waals surface area contributed by atoms with Gasteiger partial charge in [0.1, 0.15) is 0 Å². The van der Waals surface area contributed by atoms with Crippen LogP contribution in [0, 0.1) is 4.77 Å². The van der Waals surface area contributed by atoms with Crippen molar-refractivity contribution in [3.05, 3.63) is 17.2 Å². The summed E-state index contributed by atoms with van der Waals surface area (Å²) in [5, 5.41) is 0. The van der Waals surface area contributed by atoms with Gasteiger partial charge in [0.2, 0.25) is 0 Å². The highest BCUT2D eigenvalue weighted by atomic mass is 32.1. The molecule has 2 heterocycles. The maximum atomic E-state index is 5.50. The number of ether oxygens (including phenoxy) is 1. The zero-order valence-electron chi connectivity index (χ0n) is 6.82. The van der Waals surface area contributed by atoms with Gasteiger partial charge in [-0.25, -0.2) is 0 Å². The van der Waals surface area contributed by atoms with Crippen LogP contribution in [0.15, 0.2) is 12.4 Å². The van der Waals surface area contributed by atoms with Gasteiger partial charge in [-0.15, -0.1) is 0 Å². The Hall–Kier alpha value is -0.610. The summed E-state index contributed by atoms with van der Waals surface area (Å²) in [6.45, 7) is 1.80. The molecule has 1 fully saturated rings. The second-order valence-electron chi connectivity index (χ2n) is 3.05. The van der Waals surface area contributed by atoms with Gasteiger partial charge in [-0.1, -0.05) is 0 Å². The topological polar surface area (TPSA) is 29.9 Å². The zero-order valence-corrected chi connectivity index (χ0v) is 7.64. The Morgan fingerprint density at radius 2 is 2.67 bits per heavy atom. The van der Waals surface area contributed by atoms with Gasteiger partial charge >= 0.3 is 0 Å². The standard InChI is InChI=1S/C8H12N2OS/c12-8-9-3-4-10(8)6-7-2-1-5-11-7/h3-4,7H,1-2,5-6H2,(H,9,12)/t7-/m0/s1. The highest BCUT2D eigenvalue weighted by molar-refractivity contribution is 7.71. The molecule has 1 atom stereocenters. The molecule has 0 unspecified atom stereocenters. The van der Waals surface area contributed by atoms with E-state index in [0.717, 1.165) is 24.3 Å². The molecular formula is C8H12N2OS. The molecular weight excluding hydrogens is 172 g/mol. The fraction of sp³-hybridized carbons (Fsp3) is 0.625. The number of rotatable bonds is 2. The molecule has 0 spiro atoms. The van der Waals surface area contributed by atoms with Gasteiger partial charge in [0.05, 0.1) is 12.6 Å². The number of hydrogen-bond acceptors (Lipinski definition) is 2. The molecule has 1 N–H and O–H groups in total. The highest BCUT2D eigenvalue weighted by Crippen LogP contribution is 2.13. The summed E-state index contributed by atoms with van der Waals surface area (Å²) in [4.78, 5) is 2.96. The third-order valence-corrected chi connectivity index (χ3v) is 2.50. The molecule has 0 amide bonds. The number of H-pyrrole nitrogens is 1. The summed E-state index contributed by atoms with van der Waals surface area (Å²) in [7, 11) is 0. The Balaban J connectivity index is 2.03. The van der Waals surface area contributed by atoms with Crippen LogP contribution >= 0.6 is 12.2 Å². The molecule has 4 heteroatoms. The Bertz CT molecular complexity index is 298. The summed E-state index contributed by atoms with van der Waals surface area (Å²) < 4.78 is 8.30. The first-order valence-electron chi connectivity index (χ1n) is 4.22. The first kappa shape index (κ1) is 8.01. The van der Waals surface area contributed by atoms with Gasteiger partial charge in [0, 0.05) is 19.0 Å². The maximum Gasteiger partial charge on any atom is 0.177 e. The van der Waals surface area contributed by atoms with Gasteiger partial charge in [-0.3, -0.25) is 0 Å². The van der Waals surface area contributed by atoms with Crippen LogP contribution in [0.1, 0.15) is 12.8 Å². The third kappa shape index (κ3) is 1.59. The largest absolute Gasteiger partial charge is 0.376 e. The van der Waals surface area contributed by atoms with E-state index in [0.29, 0.717) is 6.10 Å². The number of nitrogens with one attached hydrogen (secondary N) is 1. The average Bonchev–Trinajstić information content (AvgIpc) is 2.65. The van der Waals surface area contributed by atoms with Gasteiger partial charge in [-0.2, -0.15) is 0 Å². The smallest absolute Gasteiger partial charge is 0.177 e. The first-order chi connectivity index (χ1) is 5.86. The SMILES string of the molecule is S=c1[nH]ccn1C[C@@H]1CCCO1. The van der Waals surface area contributed by atoms with Crippen LogP contribution in [0.5, 0.6) is 0 Å². The lowest BCUT2D eigenvalue weighted by molar-refractivity contribution is 0.0967. The van der Waals surface area contributed by atoms with Crippen molar-refractivity contribution < 1.29 is 4.74 Å². The van der Waals surface area contributed by atoms with Crippen LogP contribution in [-0.4, -0.2) is 22.3 Å². The molecule has 1 saturated heterocycles. The van der Waals surface area contributed by atoms with Gasteiger partial charge in [-0.05, 0) is 25.1 Å². The average molecular weight is 184 g/mol. The Morgan fingerprint density at radius 3 is 3.25 bits per heavy atom. The van der Waals surface area contributed by atoms with Crippen LogP contribution in [-0.2, 0) is 11.3 Å². The summed E-state index contributed by atoms with van der Waals surface area (Å²) in [6, 6.07) is 0. The summed E-state index contributed by atoms with van der Waals surface area (Å²) in [5.41, 5.74) is 0. The predicted molar refractivity (Wildman–Crippen MR) is 48.6 cm³/mol. The van der Waals surface area contributed by atoms with E-state index in [1.807, 2.05) is 17.0 Å². The summed E-state index contributed by atoms with van der Waals surface area (Å²) in [5.74, 6) is 0. The molecule has 66 valence electrons. The molecule has 0 aromatic carbocycles. The Labute approximate surface area is 76.4 Å².